The number of aryl methyl sites for hydroxylation is 2. The van der Waals surface area contributed by atoms with Gasteiger partial charge in [0.1, 0.15) is 5.69 Å². The molecule has 0 aliphatic heterocycles. The van der Waals surface area contributed by atoms with Gasteiger partial charge in [0.05, 0.1) is 17.1 Å². The Labute approximate surface area is 105 Å². The molecule has 0 aliphatic carbocycles. The fourth-order valence-electron chi connectivity index (χ4n) is 1.37. The first kappa shape index (κ1) is 11.4. The third-order valence-electron chi connectivity index (χ3n) is 2.06. The first-order chi connectivity index (χ1) is 7.58. The number of halogens is 1. The quantitative estimate of drug-likeness (QED) is 0.811. The Bertz CT molecular complexity index is 514. The van der Waals surface area contributed by atoms with Gasteiger partial charge in [-0.2, -0.15) is 0 Å². The Hall–Kier alpha value is -1.08. The zero-order chi connectivity index (χ0) is 11.7. The topological polar surface area (TPSA) is 60.7 Å². The molecule has 0 amide bonds. The molecule has 0 saturated carbocycles. The number of ketones is 1. The maximum Gasteiger partial charge on any atom is 0.189 e. The average molecular weight is 301 g/mol. The minimum Gasteiger partial charge on any atom is -0.292 e. The van der Waals surface area contributed by atoms with Gasteiger partial charge in [-0.15, -0.1) is 16.4 Å². The van der Waals surface area contributed by atoms with E-state index in [1.54, 1.807) is 7.05 Å². The largest absolute Gasteiger partial charge is 0.292 e. The Morgan fingerprint density at radius 1 is 1.62 bits per heavy atom. The minimum atomic E-state index is -0.0373. The first-order valence-corrected chi connectivity index (χ1v) is 6.24. The number of carbonyl (C=O) groups is 1. The van der Waals surface area contributed by atoms with E-state index in [0.29, 0.717) is 10.3 Å². The van der Waals surface area contributed by atoms with Crippen molar-refractivity contribution in [2.45, 2.75) is 13.3 Å². The van der Waals surface area contributed by atoms with Crippen LogP contribution < -0.4 is 0 Å². The molecule has 0 spiro atoms. The summed E-state index contributed by atoms with van der Waals surface area (Å²) < 4.78 is 1.94. The molecular formula is C9H9BrN4OS. The van der Waals surface area contributed by atoms with Crippen LogP contribution in [0, 0.1) is 6.92 Å². The third-order valence-corrected chi connectivity index (χ3v) is 3.41. The maximum absolute atomic E-state index is 12.0. The Kier molecular flexibility index (Phi) is 3.15. The van der Waals surface area contributed by atoms with Gasteiger partial charge in [-0.25, -0.2) is 9.67 Å². The van der Waals surface area contributed by atoms with Crippen LogP contribution in [0.2, 0.25) is 0 Å². The van der Waals surface area contributed by atoms with Crippen molar-refractivity contribution >= 4 is 33.0 Å². The second-order valence-corrected chi connectivity index (χ2v) is 5.12. The van der Waals surface area contributed by atoms with Crippen LogP contribution >= 0.6 is 27.3 Å². The molecule has 7 heteroatoms. The third kappa shape index (κ3) is 2.19. The number of carbonyl (C=O) groups excluding carboxylic acids is 1. The Balaban J connectivity index is 2.21. The van der Waals surface area contributed by atoms with Crippen molar-refractivity contribution in [2.75, 3.05) is 0 Å². The molecule has 0 fully saturated rings. The molecule has 0 radical (unpaired) electrons. The average Bonchev–Trinajstić information content (AvgIpc) is 2.74. The van der Waals surface area contributed by atoms with E-state index < -0.39 is 0 Å². The first-order valence-electron chi connectivity index (χ1n) is 4.57. The highest BCUT2D eigenvalue weighted by Crippen LogP contribution is 2.16. The highest BCUT2D eigenvalue weighted by atomic mass is 79.9. The van der Waals surface area contributed by atoms with Gasteiger partial charge in [-0.1, -0.05) is 5.21 Å². The molecule has 2 rings (SSSR count). The second kappa shape index (κ2) is 4.42. The van der Waals surface area contributed by atoms with Crippen LogP contribution in [0.15, 0.2) is 9.98 Å². The monoisotopic (exact) mass is 300 g/mol. The van der Waals surface area contributed by atoms with Gasteiger partial charge in [0.2, 0.25) is 0 Å². The van der Waals surface area contributed by atoms with Gasteiger partial charge in [0.15, 0.2) is 10.4 Å². The van der Waals surface area contributed by atoms with Crippen molar-refractivity contribution in [3.05, 3.63) is 26.4 Å². The molecule has 0 saturated heterocycles. The van der Waals surface area contributed by atoms with E-state index in [1.165, 1.54) is 16.0 Å². The molecule has 2 aromatic heterocycles. The van der Waals surface area contributed by atoms with Gasteiger partial charge < -0.3 is 0 Å². The standard InChI is InChI=1S/C9H9BrN4OS/c1-5-11-6(4-16-5)3-7(15)8-9(10)12-13-14(8)2/h4H,3H2,1-2H3. The molecule has 84 valence electrons. The molecule has 0 N–H and O–H groups in total. The van der Waals surface area contributed by atoms with Gasteiger partial charge in [0.25, 0.3) is 0 Å². The smallest absolute Gasteiger partial charge is 0.189 e. The summed E-state index contributed by atoms with van der Waals surface area (Å²) in [6.07, 6.45) is 0.282. The molecule has 16 heavy (non-hydrogen) atoms. The van der Waals surface area contributed by atoms with E-state index >= 15 is 0 Å². The number of rotatable bonds is 3. The lowest BCUT2D eigenvalue weighted by atomic mass is 10.2. The van der Waals surface area contributed by atoms with Crippen LogP contribution in [0.5, 0.6) is 0 Å². The predicted octanol–water partition coefficient (Wildman–Crippen LogP) is 1.77. The van der Waals surface area contributed by atoms with Crippen LogP contribution in [0.3, 0.4) is 0 Å². The Morgan fingerprint density at radius 3 is 2.88 bits per heavy atom. The summed E-state index contributed by atoms with van der Waals surface area (Å²) in [5.41, 5.74) is 1.27. The molecule has 0 atom stereocenters. The Morgan fingerprint density at radius 2 is 2.38 bits per heavy atom. The molecule has 2 aromatic rings. The molecule has 5 nitrogen and oxygen atoms in total. The molecule has 0 bridgehead atoms. The molecule has 0 aliphatic rings. The fraction of sp³-hybridized carbons (Fsp3) is 0.333. The lowest BCUT2D eigenvalue weighted by Crippen LogP contribution is -2.10. The van der Waals surface area contributed by atoms with E-state index in [-0.39, 0.29) is 12.2 Å². The highest BCUT2D eigenvalue weighted by Gasteiger charge is 2.17. The second-order valence-electron chi connectivity index (χ2n) is 3.31. The predicted molar refractivity (Wildman–Crippen MR) is 63.6 cm³/mol. The normalized spacial score (nSPS) is 10.7. The van der Waals surface area contributed by atoms with Gasteiger partial charge >= 0.3 is 0 Å². The lowest BCUT2D eigenvalue weighted by molar-refractivity contribution is 0.0982. The SMILES string of the molecule is Cc1nc(CC(=O)c2c(Br)nnn2C)cs1. The lowest BCUT2D eigenvalue weighted by Gasteiger charge is -1.98. The van der Waals surface area contributed by atoms with Crippen molar-refractivity contribution in [2.24, 2.45) is 7.05 Å². The zero-order valence-corrected chi connectivity index (χ0v) is 11.2. The number of Topliss-reactive ketones (excluding diaryl/α,β-unsaturated/α-hetero) is 1. The van der Waals surface area contributed by atoms with Crippen LogP contribution in [-0.2, 0) is 13.5 Å². The summed E-state index contributed by atoms with van der Waals surface area (Å²) in [6.45, 7) is 1.92. The highest BCUT2D eigenvalue weighted by molar-refractivity contribution is 9.10. The van der Waals surface area contributed by atoms with E-state index in [0.717, 1.165) is 10.7 Å². The van der Waals surface area contributed by atoms with Crippen molar-refractivity contribution < 1.29 is 4.79 Å². The summed E-state index contributed by atoms with van der Waals surface area (Å²) >= 11 is 4.74. The van der Waals surface area contributed by atoms with Crippen molar-refractivity contribution in [1.82, 2.24) is 20.0 Å². The van der Waals surface area contributed by atoms with Gasteiger partial charge in [-0.05, 0) is 22.9 Å². The van der Waals surface area contributed by atoms with Crippen LogP contribution in [0.1, 0.15) is 21.2 Å². The maximum atomic E-state index is 12.0. The molecule has 0 aromatic carbocycles. The number of aromatic nitrogens is 4. The number of nitrogens with zero attached hydrogens (tertiary/aromatic N) is 4. The summed E-state index contributed by atoms with van der Waals surface area (Å²) in [5, 5.41) is 10.4. The van der Waals surface area contributed by atoms with Crippen molar-refractivity contribution in [3.8, 4) is 0 Å². The summed E-state index contributed by atoms with van der Waals surface area (Å²) in [6, 6.07) is 0. The van der Waals surface area contributed by atoms with Crippen LogP contribution in [-0.4, -0.2) is 25.8 Å². The number of hydrogen-bond donors (Lipinski definition) is 0. The fourth-order valence-corrected chi connectivity index (χ4v) is 2.53. The zero-order valence-electron chi connectivity index (χ0n) is 8.77. The summed E-state index contributed by atoms with van der Waals surface area (Å²) in [7, 11) is 1.69. The van der Waals surface area contributed by atoms with Gasteiger partial charge in [0, 0.05) is 12.4 Å². The van der Waals surface area contributed by atoms with Crippen LogP contribution in [0.4, 0.5) is 0 Å². The van der Waals surface area contributed by atoms with E-state index in [2.05, 4.69) is 31.2 Å². The molecular weight excluding hydrogens is 292 g/mol. The van der Waals surface area contributed by atoms with Crippen LogP contribution in [0.25, 0.3) is 0 Å². The number of hydrogen-bond acceptors (Lipinski definition) is 5. The van der Waals surface area contributed by atoms with E-state index in [1.807, 2.05) is 12.3 Å². The van der Waals surface area contributed by atoms with Crippen molar-refractivity contribution in [1.29, 1.82) is 0 Å². The molecule has 0 unspecified atom stereocenters. The van der Waals surface area contributed by atoms with E-state index in [9.17, 15) is 4.79 Å². The van der Waals surface area contributed by atoms with Crippen molar-refractivity contribution in [3.63, 3.8) is 0 Å². The minimum absolute atomic E-state index is 0.0373. The molecule has 2 heterocycles. The summed E-state index contributed by atoms with van der Waals surface area (Å²) in [5.74, 6) is -0.0373. The summed E-state index contributed by atoms with van der Waals surface area (Å²) in [4.78, 5) is 16.2. The number of thiazole rings is 1. The van der Waals surface area contributed by atoms with E-state index in [4.69, 9.17) is 0 Å². The van der Waals surface area contributed by atoms with Gasteiger partial charge in [-0.3, -0.25) is 4.79 Å².